The lowest BCUT2D eigenvalue weighted by Crippen LogP contribution is -2.33. The Kier molecular flexibility index (Phi) is 6.84. The van der Waals surface area contributed by atoms with Crippen molar-refractivity contribution in [3.05, 3.63) is 83.4 Å². The Balaban J connectivity index is 1.50. The third-order valence-corrected chi connectivity index (χ3v) is 6.57. The molecule has 2 amide bonds. The van der Waals surface area contributed by atoms with Crippen LogP contribution in [0, 0.1) is 0 Å². The molecule has 3 aromatic carbocycles. The van der Waals surface area contributed by atoms with Crippen molar-refractivity contribution in [1.82, 2.24) is 4.90 Å². The highest BCUT2D eigenvalue weighted by Crippen LogP contribution is 2.35. The molecule has 8 heteroatoms. The van der Waals surface area contributed by atoms with Gasteiger partial charge in [0.25, 0.3) is 0 Å². The molecule has 1 heterocycles. The molecule has 0 spiro atoms. The van der Waals surface area contributed by atoms with Gasteiger partial charge in [0.15, 0.2) is 5.17 Å². The molecular weight excluding hydrogens is 465 g/mol. The van der Waals surface area contributed by atoms with E-state index in [1.54, 1.807) is 24.3 Å². The third kappa shape index (κ3) is 4.99. The Morgan fingerprint density at radius 3 is 2.66 bits per heavy atom. The molecule has 3 aromatic rings. The molecule has 1 saturated heterocycles. The van der Waals surface area contributed by atoms with Gasteiger partial charge in [-0.25, -0.2) is 4.99 Å². The molecule has 0 bridgehead atoms. The summed E-state index contributed by atoms with van der Waals surface area (Å²) in [4.78, 5) is 31.7. The average Bonchev–Trinajstić information content (AvgIpc) is 3.04. The number of aliphatic imine (C=N–C) groups is 1. The standard InChI is InChI=1S/C24H19Cl2N3O2S/c1-2-11-29-23(31)21(32-24(29)28-20-10-8-17(25)13-19(20)26)14-22(30)27-18-9-7-15-5-3-4-6-16(15)12-18/h2-10,12-13,21H,1,11,14H2,(H,27,30)/t21-/m1/s1. The number of hydrogen-bond acceptors (Lipinski definition) is 4. The van der Waals surface area contributed by atoms with Crippen LogP contribution in [0.4, 0.5) is 11.4 Å². The summed E-state index contributed by atoms with van der Waals surface area (Å²) in [6.45, 7) is 4.01. The van der Waals surface area contributed by atoms with Crippen LogP contribution in [0.3, 0.4) is 0 Å². The molecule has 32 heavy (non-hydrogen) atoms. The second kappa shape index (κ2) is 9.77. The van der Waals surface area contributed by atoms with Crippen molar-refractivity contribution in [3.63, 3.8) is 0 Å². The van der Waals surface area contributed by atoms with E-state index in [9.17, 15) is 9.59 Å². The monoisotopic (exact) mass is 483 g/mol. The van der Waals surface area contributed by atoms with Gasteiger partial charge in [0.05, 0.1) is 10.7 Å². The molecule has 162 valence electrons. The summed E-state index contributed by atoms with van der Waals surface area (Å²) >= 11 is 13.4. The van der Waals surface area contributed by atoms with Crippen LogP contribution in [0.5, 0.6) is 0 Å². The van der Waals surface area contributed by atoms with Crippen molar-refractivity contribution in [1.29, 1.82) is 0 Å². The van der Waals surface area contributed by atoms with Crippen LogP contribution >= 0.6 is 35.0 Å². The highest BCUT2D eigenvalue weighted by Gasteiger charge is 2.38. The average molecular weight is 484 g/mol. The fourth-order valence-electron chi connectivity index (χ4n) is 3.34. The minimum Gasteiger partial charge on any atom is -0.326 e. The maximum Gasteiger partial charge on any atom is 0.242 e. The van der Waals surface area contributed by atoms with E-state index in [0.29, 0.717) is 33.1 Å². The highest BCUT2D eigenvalue weighted by atomic mass is 35.5. The van der Waals surface area contributed by atoms with Crippen LogP contribution in [-0.4, -0.2) is 33.7 Å². The number of amidine groups is 1. The van der Waals surface area contributed by atoms with Crippen LogP contribution < -0.4 is 5.32 Å². The first kappa shape index (κ1) is 22.4. The first-order valence-corrected chi connectivity index (χ1v) is 11.5. The first-order valence-electron chi connectivity index (χ1n) is 9.86. The summed E-state index contributed by atoms with van der Waals surface area (Å²) < 4.78 is 0. The van der Waals surface area contributed by atoms with Crippen LogP contribution in [0.1, 0.15) is 6.42 Å². The fourth-order valence-corrected chi connectivity index (χ4v) is 4.96. The normalized spacial score (nSPS) is 17.2. The number of carbonyl (C=O) groups is 2. The van der Waals surface area contributed by atoms with Gasteiger partial charge in [-0.15, -0.1) is 6.58 Å². The molecule has 0 saturated carbocycles. The second-order valence-corrected chi connectivity index (χ2v) is 9.16. The summed E-state index contributed by atoms with van der Waals surface area (Å²) in [5.74, 6) is -0.428. The summed E-state index contributed by atoms with van der Waals surface area (Å²) in [6, 6.07) is 18.6. The van der Waals surface area contributed by atoms with Crippen molar-refractivity contribution < 1.29 is 9.59 Å². The van der Waals surface area contributed by atoms with Gasteiger partial charge in [-0.1, -0.05) is 71.4 Å². The smallest absolute Gasteiger partial charge is 0.242 e. The highest BCUT2D eigenvalue weighted by molar-refractivity contribution is 8.15. The quantitative estimate of drug-likeness (QED) is 0.418. The van der Waals surface area contributed by atoms with E-state index in [2.05, 4.69) is 16.9 Å². The van der Waals surface area contributed by atoms with E-state index in [1.165, 1.54) is 16.7 Å². The number of nitrogens with one attached hydrogen (secondary N) is 1. The Bertz CT molecular complexity index is 1240. The minimum atomic E-state index is -0.583. The summed E-state index contributed by atoms with van der Waals surface area (Å²) in [5.41, 5.74) is 1.19. The summed E-state index contributed by atoms with van der Waals surface area (Å²) in [7, 11) is 0. The molecular formula is C24H19Cl2N3O2S. The Morgan fingerprint density at radius 2 is 1.91 bits per heavy atom. The third-order valence-electron chi connectivity index (χ3n) is 4.86. The zero-order valence-corrected chi connectivity index (χ0v) is 19.3. The maximum absolute atomic E-state index is 12.9. The number of fused-ring (bicyclic) bond motifs is 1. The van der Waals surface area contributed by atoms with Crippen molar-refractivity contribution >= 4 is 74.1 Å². The topological polar surface area (TPSA) is 61.8 Å². The van der Waals surface area contributed by atoms with Crippen molar-refractivity contribution in [2.45, 2.75) is 11.7 Å². The molecule has 1 N–H and O–H groups in total. The van der Waals surface area contributed by atoms with E-state index in [4.69, 9.17) is 23.2 Å². The fraction of sp³-hybridized carbons (Fsp3) is 0.125. The largest absolute Gasteiger partial charge is 0.326 e. The lowest BCUT2D eigenvalue weighted by Gasteiger charge is -2.14. The van der Waals surface area contributed by atoms with Gasteiger partial charge in [-0.05, 0) is 41.1 Å². The molecule has 0 aliphatic carbocycles. The van der Waals surface area contributed by atoms with Crippen molar-refractivity contribution in [2.24, 2.45) is 4.99 Å². The van der Waals surface area contributed by atoms with E-state index in [0.717, 1.165) is 10.8 Å². The number of carbonyl (C=O) groups excluding carboxylic acids is 2. The number of anilines is 1. The molecule has 0 aromatic heterocycles. The minimum absolute atomic E-state index is 0.0251. The van der Waals surface area contributed by atoms with Gasteiger partial charge in [0.2, 0.25) is 11.8 Å². The first-order chi connectivity index (χ1) is 15.4. The number of halogens is 2. The molecule has 1 fully saturated rings. The molecule has 1 atom stereocenters. The number of thioether (sulfide) groups is 1. The zero-order chi connectivity index (χ0) is 22.7. The van der Waals surface area contributed by atoms with Gasteiger partial charge >= 0.3 is 0 Å². The maximum atomic E-state index is 12.9. The second-order valence-electron chi connectivity index (χ2n) is 7.15. The van der Waals surface area contributed by atoms with E-state index in [1.807, 2.05) is 42.5 Å². The number of amides is 2. The van der Waals surface area contributed by atoms with Gasteiger partial charge < -0.3 is 5.32 Å². The molecule has 0 radical (unpaired) electrons. The van der Waals surface area contributed by atoms with E-state index >= 15 is 0 Å². The molecule has 1 aliphatic heterocycles. The van der Waals surface area contributed by atoms with Gasteiger partial charge in [-0.2, -0.15) is 0 Å². The predicted molar refractivity (Wildman–Crippen MR) is 134 cm³/mol. The van der Waals surface area contributed by atoms with E-state index < -0.39 is 5.25 Å². The van der Waals surface area contributed by atoms with Crippen LogP contribution in [0.25, 0.3) is 10.8 Å². The zero-order valence-electron chi connectivity index (χ0n) is 16.9. The van der Waals surface area contributed by atoms with Crippen molar-refractivity contribution in [3.8, 4) is 0 Å². The SMILES string of the molecule is C=CCN1C(=O)[C@@H](CC(=O)Nc2ccc3ccccc3c2)SC1=Nc1ccc(Cl)cc1Cl. The van der Waals surface area contributed by atoms with Crippen LogP contribution in [-0.2, 0) is 9.59 Å². The van der Waals surface area contributed by atoms with Gasteiger partial charge in [0, 0.05) is 23.7 Å². The summed E-state index contributed by atoms with van der Waals surface area (Å²) in [5, 5.41) is 5.79. The Labute approximate surface area is 200 Å². The predicted octanol–water partition coefficient (Wildman–Crippen LogP) is 6.29. The lowest BCUT2D eigenvalue weighted by molar-refractivity contribution is -0.127. The molecule has 1 aliphatic rings. The number of nitrogens with zero attached hydrogens (tertiary/aromatic N) is 2. The van der Waals surface area contributed by atoms with Gasteiger partial charge in [0.1, 0.15) is 5.25 Å². The van der Waals surface area contributed by atoms with Gasteiger partial charge in [-0.3, -0.25) is 14.5 Å². The Hall–Kier alpha value is -2.80. The Morgan fingerprint density at radius 1 is 1.12 bits per heavy atom. The number of rotatable bonds is 6. The van der Waals surface area contributed by atoms with Crippen molar-refractivity contribution in [2.75, 3.05) is 11.9 Å². The lowest BCUT2D eigenvalue weighted by atomic mass is 10.1. The molecule has 5 nitrogen and oxygen atoms in total. The summed E-state index contributed by atoms with van der Waals surface area (Å²) in [6.07, 6.45) is 1.65. The molecule has 0 unspecified atom stereocenters. The van der Waals surface area contributed by atoms with E-state index in [-0.39, 0.29) is 18.2 Å². The number of benzene rings is 3. The number of hydrogen-bond donors (Lipinski definition) is 1. The molecule has 4 rings (SSSR count). The van der Waals surface area contributed by atoms with Crippen LogP contribution in [0.2, 0.25) is 10.0 Å². The van der Waals surface area contributed by atoms with Crippen LogP contribution in [0.15, 0.2) is 78.3 Å².